The fraction of sp³-hybridized carbons (Fsp3) is 0.103. The van der Waals surface area contributed by atoms with Crippen LogP contribution in [0.5, 0.6) is 23.0 Å². The number of ketones is 1. The minimum atomic E-state index is -1.02. The summed E-state index contributed by atoms with van der Waals surface area (Å²) in [6.45, 7) is 0. The Balaban J connectivity index is 1.61. The second kappa shape index (κ2) is 9.94. The summed E-state index contributed by atoms with van der Waals surface area (Å²) < 4.78 is 22.3. The summed E-state index contributed by atoms with van der Waals surface area (Å²) in [5, 5.41) is 11.4. The van der Waals surface area contributed by atoms with Gasteiger partial charge in [-0.15, -0.1) is 0 Å². The third-order valence-corrected chi connectivity index (χ3v) is 6.02. The van der Waals surface area contributed by atoms with Crippen molar-refractivity contribution < 1.29 is 33.3 Å². The number of aliphatic hydroxyl groups excluding tert-OH is 1. The van der Waals surface area contributed by atoms with E-state index in [0.29, 0.717) is 22.9 Å². The summed E-state index contributed by atoms with van der Waals surface area (Å²) in [5.41, 5.74) is 0.441. The zero-order valence-corrected chi connectivity index (χ0v) is 20.1. The van der Waals surface area contributed by atoms with Crippen molar-refractivity contribution in [3.05, 3.63) is 108 Å². The maximum Gasteiger partial charge on any atom is 0.300 e. The van der Waals surface area contributed by atoms with Crippen LogP contribution >= 0.6 is 0 Å². The van der Waals surface area contributed by atoms with Crippen LogP contribution in [0.2, 0.25) is 0 Å². The van der Waals surface area contributed by atoms with Crippen LogP contribution in [0.3, 0.4) is 0 Å². The number of benzene rings is 3. The first-order chi connectivity index (χ1) is 18.0. The number of rotatable bonds is 7. The number of Topliss-reactive ketones (excluding diaryl/α,β-unsaturated/α-hetero) is 1. The minimum Gasteiger partial charge on any atom is -0.506 e. The van der Waals surface area contributed by atoms with Crippen LogP contribution in [-0.4, -0.2) is 31.0 Å². The van der Waals surface area contributed by atoms with Crippen LogP contribution in [0.1, 0.15) is 17.4 Å². The Morgan fingerprint density at radius 2 is 1.46 bits per heavy atom. The number of ether oxygens (including phenoxy) is 3. The number of methoxy groups -OCH3 is 2. The molecule has 0 radical (unpaired) electrons. The Kier molecular flexibility index (Phi) is 6.38. The first kappa shape index (κ1) is 23.7. The van der Waals surface area contributed by atoms with Crippen LogP contribution in [0, 0.1) is 0 Å². The van der Waals surface area contributed by atoms with Gasteiger partial charge < -0.3 is 23.7 Å². The van der Waals surface area contributed by atoms with Gasteiger partial charge in [0.1, 0.15) is 46.1 Å². The summed E-state index contributed by atoms with van der Waals surface area (Å²) in [6, 6.07) is 23.2. The van der Waals surface area contributed by atoms with Gasteiger partial charge in [0.25, 0.3) is 11.7 Å². The van der Waals surface area contributed by atoms with Gasteiger partial charge in [-0.1, -0.05) is 24.3 Å². The molecule has 0 aliphatic carbocycles. The molecule has 1 atom stereocenters. The number of furan rings is 1. The van der Waals surface area contributed by atoms with E-state index in [1.54, 1.807) is 54.6 Å². The smallest absolute Gasteiger partial charge is 0.300 e. The van der Waals surface area contributed by atoms with Crippen molar-refractivity contribution >= 4 is 23.1 Å². The zero-order valence-electron chi connectivity index (χ0n) is 20.1. The molecule has 0 bridgehead atoms. The zero-order chi connectivity index (χ0) is 25.9. The molecule has 8 nitrogen and oxygen atoms in total. The lowest BCUT2D eigenvalue weighted by Gasteiger charge is -2.24. The molecule has 5 rings (SSSR count). The second-order valence-corrected chi connectivity index (χ2v) is 8.13. The van der Waals surface area contributed by atoms with E-state index in [4.69, 9.17) is 18.6 Å². The molecule has 1 aliphatic heterocycles. The predicted octanol–water partition coefficient (Wildman–Crippen LogP) is 5.72. The van der Waals surface area contributed by atoms with Crippen LogP contribution in [0.4, 0.5) is 5.69 Å². The predicted molar refractivity (Wildman–Crippen MR) is 136 cm³/mol. The number of nitrogens with zero attached hydrogens (tertiary/aromatic N) is 1. The van der Waals surface area contributed by atoms with Gasteiger partial charge in [0.05, 0.1) is 26.1 Å². The van der Waals surface area contributed by atoms with E-state index < -0.39 is 23.5 Å². The number of hydrogen-bond donors (Lipinski definition) is 1. The van der Waals surface area contributed by atoms with Gasteiger partial charge in [-0.3, -0.25) is 14.5 Å². The topological polar surface area (TPSA) is 98.4 Å². The summed E-state index contributed by atoms with van der Waals surface area (Å²) in [7, 11) is 2.88. The maximum absolute atomic E-state index is 13.4. The number of hydrogen-bond acceptors (Lipinski definition) is 7. The molecule has 0 spiro atoms. The molecular formula is C29H23NO7. The highest BCUT2D eigenvalue weighted by Crippen LogP contribution is 2.45. The highest BCUT2D eigenvalue weighted by molar-refractivity contribution is 6.51. The van der Waals surface area contributed by atoms with Crippen molar-refractivity contribution in [3.63, 3.8) is 0 Å². The quantitative estimate of drug-likeness (QED) is 0.198. The number of anilines is 1. The number of carbonyl (C=O) groups excluding carboxylic acids is 2. The monoisotopic (exact) mass is 497 g/mol. The van der Waals surface area contributed by atoms with Crippen molar-refractivity contribution in [2.75, 3.05) is 19.1 Å². The lowest BCUT2D eigenvalue weighted by molar-refractivity contribution is -0.132. The summed E-state index contributed by atoms with van der Waals surface area (Å²) in [6.07, 6.45) is 1.44. The molecule has 37 heavy (non-hydrogen) atoms. The molecule has 1 fully saturated rings. The van der Waals surface area contributed by atoms with Crippen LogP contribution in [0.25, 0.3) is 5.76 Å². The third kappa shape index (κ3) is 4.29. The van der Waals surface area contributed by atoms with Crippen molar-refractivity contribution in [3.8, 4) is 23.0 Å². The van der Waals surface area contributed by atoms with Gasteiger partial charge in [0.15, 0.2) is 0 Å². The molecule has 1 aliphatic rings. The molecular weight excluding hydrogens is 474 g/mol. The summed E-state index contributed by atoms with van der Waals surface area (Å²) in [5.74, 6) is -0.0194. The fourth-order valence-electron chi connectivity index (χ4n) is 4.33. The van der Waals surface area contributed by atoms with Crippen LogP contribution in [-0.2, 0) is 9.59 Å². The van der Waals surface area contributed by atoms with Gasteiger partial charge in [0, 0.05) is 5.69 Å². The van der Waals surface area contributed by atoms with Crippen molar-refractivity contribution in [1.29, 1.82) is 0 Å². The van der Waals surface area contributed by atoms with E-state index in [-0.39, 0.29) is 22.6 Å². The molecule has 1 unspecified atom stereocenters. The molecule has 2 heterocycles. The second-order valence-electron chi connectivity index (χ2n) is 8.13. The molecule has 3 aromatic carbocycles. The first-order valence-electron chi connectivity index (χ1n) is 11.4. The number of amides is 1. The Morgan fingerprint density at radius 1 is 0.811 bits per heavy atom. The van der Waals surface area contributed by atoms with Crippen LogP contribution < -0.4 is 19.1 Å². The lowest BCUT2D eigenvalue weighted by atomic mass is 9.98. The fourth-order valence-corrected chi connectivity index (χ4v) is 4.33. The Hall–Kier alpha value is -4.98. The van der Waals surface area contributed by atoms with Crippen molar-refractivity contribution in [1.82, 2.24) is 0 Å². The average Bonchev–Trinajstić information content (AvgIpc) is 3.55. The Bertz CT molecular complexity index is 1440. The largest absolute Gasteiger partial charge is 0.506 e. The van der Waals surface area contributed by atoms with Gasteiger partial charge in [-0.25, -0.2) is 0 Å². The van der Waals surface area contributed by atoms with E-state index >= 15 is 0 Å². The van der Waals surface area contributed by atoms with Crippen molar-refractivity contribution in [2.24, 2.45) is 0 Å². The van der Waals surface area contributed by atoms with E-state index in [1.165, 1.54) is 25.4 Å². The summed E-state index contributed by atoms with van der Waals surface area (Å²) in [4.78, 5) is 28.0. The van der Waals surface area contributed by atoms with Gasteiger partial charge in [0.2, 0.25) is 0 Å². The van der Waals surface area contributed by atoms with Crippen molar-refractivity contribution in [2.45, 2.75) is 6.04 Å². The highest BCUT2D eigenvalue weighted by Gasteiger charge is 2.48. The molecule has 0 saturated carbocycles. The normalized spacial score (nSPS) is 16.6. The Labute approximate surface area is 212 Å². The lowest BCUT2D eigenvalue weighted by Crippen LogP contribution is -2.29. The highest BCUT2D eigenvalue weighted by atomic mass is 16.5. The molecule has 1 aromatic heterocycles. The summed E-state index contributed by atoms with van der Waals surface area (Å²) >= 11 is 0. The number of para-hydroxylation sites is 1. The third-order valence-electron chi connectivity index (χ3n) is 6.02. The maximum atomic E-state index is 13.4. The molecule has 1 saturated heterocycles. The van der Waals surface area contributed by atoms with Gasteiger partial charge >= 0.3 is 0 Å². The Morgan fingerprint density at radius 3 is 2.05 bits per heavy atom. The standard InChI is InChI=1S/C29H23NO7/c1-34-21-10-6-11-22(35-2)24(21)27(31)25-26(23-12-7-17-36-23)30(29(33)28(25)32)18-13-15-20(16-14-18)37-19-8-4-3-5-9-19/h3-17,26,31H,1-2H3/b27-25+. The first-order valence-corrected chi connectivity index (χ1v) is 11.4. The van der Waals surface area contributed by atoms with E-state index in [1.807, 2.05) is 30.3 Å². The molecule has 1 N–H and O–H groups in total. The minimum absolute atomic E-state index is 0.146. The molecule has 4 aromatic rings. The van der Waals surface area contributed by atoms with E-state index in [2.05, 4.69) is 0 Å². The number of aliphatic hydroxyl groups is 1. The molecule has 1 amide bonds. The molecule has 8 heteroatoms. The van der Waals surface area contributed by atoms with Crippen LogP contribution in [0.15, 0.2) is 101 Å². The van der Waals surface area contributed by atoms with Gasteiger partial charge in [-0.2, -0.15) is 0 Å². The molecule has 186 valence electrons. The average molecular weight is 498 g/mol. The van der Waals surface area contributed by atoms with E-state index in [9.17, 15) is 14.7 Å². The van der Waals surface area contributed by atoms with Gasteiger partial charge in [-0.05, 0) is 60.7 Å². The van der Waals surface area contributed by atoms with E-state index in [0.717, 1.165) is 0 Å². The SMILES string of the molecule is COc1cccc(OC)c1/C(O)=C1\C(=O)C(=O)N(c2ccc(Oc3ccccc3)cc2)C1c1ccco1. The number of carbonyl (C=O) groups is 2.